The fraction of sp³-hybridized carbons (Fsp3) is 0.659. The van der Waals surface area contributed by atoms with Crippen LogP contribution >= 0.6 is 7.82 Å². The van der Waals surface area contributed by atoms with Crippen LogP contribution in [-0.4, -0.2) is 59.9 Å². The van der Waals surface area contributed by atoms with Gasteiger partial charge in [0.05, 0.1) is 13.2 Å². The summed E-state index contributed by atoms with van der Waals surface area (Å²) in [4.78, 5) is 45.9. The lowest BCUT2D eigenvalue weighted by atomic mass is 10.1. The molecule has 11 nitrogen and oxygen atoms in total. The first-order valence-corrected chi connectivity index (χ1v) is 22.5. The number of allylic oxidation sites excluding steroid dienone is 12. The van der Waals surface area contributed by atoms with Crippen molar-refractivity contribution in [2.24, 2.45) is 5.73 Å². The third kappa shape index (κ3) is 37.8. The Morgan fingerprint density at radius 1 is 0.571 bits per heavy atom. The maximum atomic E-state index is 12.6. The average Bonchev–Trinajstić information content (AvgIpc) is 3.17. The van der Waals surface area contributed by atoms with Crippen molar-refractivity contribution >= 4 is 25.7 Å². The maximum absolute atomic E-state index is 12.6. The third-order valence-corrected chi connectivity index (χ3v) is 9.39. The SMILES string of the molecule is CCC/C=C/C/C=C/C/C=C/C/C=C/CCCCCC(=O)OC[C@H](COP(=O)(O)OC[C@H](N)C(=O)O)OC(=O)CCCCCCC/C=C/C=C/CCCCCC. The summed E-state index contributed by atoms with van der Waals surface area (Å²) in [7, 11) is -4.73. The Kier molecular flexibility index (Phi) is 36.6. The summed E-state index contributed by atoms with van der Waals surface area (Å²) in [6.45, 7) is 2.64. The molecule has 320 valence electrons. The molecule has 0 amide bonds. The maximum Gasteiger partial charge on any atom is 0.472 e. The number of carboxylic acids is 1. The smallest absolute Gasteiger partial charge is 0.472 e. The van der Waals surface area contributed by atoms with Crippen molar-refractivity contribution in [2.75, 3.05) is 19.8 Å². The van der Waals surface area contributed by atoms with E-state index < -0.39 is 51.1 Å². The van der Waals surface area contributed by atoms with Gasteiger partial charge in [-0.15, -0.1) is 0 Å². The van der Waals surface area contributed by atoms with Crippen LogP contribution in [0.25, 0.3) is 0 Å². The van der Waals surface area contributed by atoms with Crippen LogP contribution < -0.4 is 5.73 Å². The van der Waals surface area contributed by atoms with Crippen LogP contribution in [0.5, 0.6) is 0 Å². The molecule has 0 spiro atoms. The van der Waals surface area contributed by atoms with Crippen LogP contribution in [0.1, 0.15) is 155 Å². The number of nitrogens with two attached hydrogens (primary N) is 1. The van der Waals surface area contributed by atoms with Gasteiger partial charge in [-0.25, -0.2) is 4.57 Å². The minimum absolute atomic E-state index is 0.132. The molecular weight excluding hydrogens is 733 g/mol. The molecule has 0 saturated heterocycles. The van der Waals surface area contributed by atoms with E-state index in [-0.39, 0.29) is 19.4 Å². The Morgan fingerprint density at radius 3 is 1.61 bits per heavy atom. The van der Waals surface area contributed by atoms with Crippen LogP contribution in [0.3, 0.4) is 0 Å². The molecule has 0 heterocycles. The van der Waals surface area contributed by atoms with E-state index >= 15 is 0 Å². The van der Waals surface area contributed by atoms with E-state index in [0.29, 0.717) is 12.8 Å². The van der Waals surface area contributed by atoms with Gasteiger partial charge in [0.1, 0.15) is 12.6 Å². The number of carbonyl (C=O) groups is 3. The monoisotopic (exact) mass is 808 g/mol. The highest BCUT2D eigenvalue weighted by molar-refractivity contribution is 7.47. The number of phosphoric acid groups is 1. The summed E-state index contributed by atoms with van der Waals surface area (Å²) >= 11 is 0. The second-order valence-corrected chi connectivity index (χ2v) is 15.2. The fourth-order valence-electron chi connectivity index (χ4n) is 5.10. The lowest BCUT2D eigenvalue weighted by molar-refractivity contribution is -0.161. The predicted octanol–water partition coefficient (Wildman–Crippen LogP) is 10.9. The Morgan fingerprint density at radius 2 is 1.04 bits per heavy atom. The van der Waals surface area contributed by atoms with Crippen molar-refractivity contribution in [3.05, 3.63) is 72.9 Å². The summed E-state index contributed by atoms with van der Waals surface area (Å²) in [5, 5.41) is 8.88. The standard InChI is InChI=1S/C44H74NO10P/c1-3-5-7-9-11-13-15-17-19-20-22-23-25-27-29-31-33-35-42(46)52-37-40(38-53-56(50,51)54-39-41(45)44(48)49)55-43(47)36-34-32-30-28-26-24-21-18-16-14-12-10-8-6-4-2/h7,9,13-16,18-21,23,25,40-41H,3-6,8,10-12,17,22,24,26-39,45H2,1-2H3,(H,48,49)(H,50,51)/b9-7+,15-13+,16-14+,20-19+,21-18+,25-23+/t40-,41+/m1/s1. The van der Waals surface area contributed by atoms with Crippen molar-refractivity contribution < 1.29 is 47.5 Å². The van der Waals surface area contributed by atoms with Crippen LogP contribution in [0.15, 0.2) is 72.9 Å². The molecule has 0 aliphatic heterocycles. The van der Waals surface area contributed by atoms with Gasteiger partial charge in [-0.05, 0) is 77.0 Å². The zero-order chi connectivity index (χ0) is 41.4. The first-order chi connectivity index (χ1) is 27.1. The van der Waals surface area contributed by atoms with Gasteiger partial charge in [0.15, 0.2) is 6.10 Å². The first kappa shape index (κ1) is 52.9. The molecule has 0 rings (SSSR count). The minimum atomic E-state index is -4.73. The number of rotatable bonds is 38. The molecule has 0 saturated carbocycles. The number of carbonyl (C=O) groups excluding carboxylic acids is 2. The normalized spacial score (nSPS) is 14.5. The largest absolute Gasteiger partial charge is 0.480 e. The highest BCUT2D eigenvalue weighted by Crippen LogP contribution is 2.43. The molecule has 0 aromatic heterocycles. The van der Waals surface area contributed by atoms with E-state index in [2.05, 4.69) is 91.3 Å². The van der Waals surface area contributed by atoms with Gasteiger partial charge in [-0.3, -0.25) is 23.4 Å². The Labute approximate surface area is 338 Å². The average molecular weight is 808 g/mol. The predicted molar refractivity (Wildman–Crippen MR) is 226 cm³/mol. The summed E-state index contributed by atoms with van der Waals surface area (Å²) in [5.74, 6) is -2.45. The van der Waals surface area contributed by atoms with E-state index in [4.69, 9.17) is 24.8 Å². The molecule has 0 aromatic carbocycles. The van der Waals surface area contributed by atoms with Gasteiger partial charge in [-0.2, -0.15) is 0 Å². The molecule has 0 aliphatic rings. The van der Waals surface area contributed by atoms with Gasteiger partial charge in [0.25, 0.3) is 0 Å². The van der Waals surface area contributed by atoms with E-state index in [1.165, 1.54) is 32.1 Å². The van der Waals surface area contributed by atoms with E-state index in [9.17, 15) is 23.8 Å². The highest BCUT2D eigenvalue weighted by Gasteiger charge is 2.28. The van der Waals surface area contributed by atoms with Crippen molar-refractivity contribution in [3.8, 4) is 0 Å². The molecule has 12 heteroatoms. The molecule has 0 bridgehead atoms. The Bertz CT molecular complexity index is 1230. The summed E-state index contributed by atoms with van der Waals surface area (Å²) in [5.41, 5.74) is 5.32. The molecule has 0 aromatic rings. The van der Waals surface area contributed by atoms with Gasteiger partial charge in [-0.1, -0.05) is 138 Å². The fourth-order valence-corrected chi connectivity index (χ4v) is 5.88. The zero-order valence-electron chi connectivity index (χ0n) is 34.4. The van der Waals surface area contributed by atoms with Crippen LogP contribution in [-0.2, 0) is 37.5 Å². The minimum Gasteiger partial charge on any atom is -0.480 e. The molecule has 3 atom stereocenters. The van der Waals surface area contributed by atoms with E-state index in [1.807, 2.05) is 0 Å². The van der Waals surface area contributed by atoms with Crippen molar-refractivity contribution in [3.63, 3.8) is 0 Å². The number of phosphoric ester groups is 1. The third-order valence-electron chi connectivity index (χ3n) is 8.44. The molecule has 4 N–H and O–H groups in total. The summed E-state index contributed by atoms with van der Waals surface area (Å²) in [6, 6.07) is -1.53. The molecule has 0 radical (unpaired) electrons. The van der Waals surface area contributed by atoms with Gasteiger partial charge >= 0.3 is 25.7 Å². The van der Waals surface area contributed by atoms with Crippen LogP contribution in [0.4, 0.5) is 0 Å². The van der Waals surface area contributed by atoms with Crippen molar-refractivity contribution in [2.45, 2.75) is 167 Å². The Hall–Kier alpha value is -3.08. The second-order valence-electron chi connectivity index (χ2n) is 13.8. The molecule has 0 fully saturated rings. The van der Waals surface area contributed by atoms with E-state index in [1.54, 1.807) is 0 Å². The lowest BCUT2D eigenvalue weighted by Gasteiger charge is -2.20. The first-order valence-electron chi connectivity index (χ1n) is 21.0. The van der Waals surface area contributed by atoms with Crippen molar-refractivity contribution in [1.82, 2.24) is 0 Å². The summed E-state index contributed by atoms with van der Waals surface area (Å²) in [6.07, 6.45) is 45.3. The molecule has 56 heavy (non-hydrogen) atoms. The van der Waals surface area contributed by atoms with Gasteiger partial charge in [0.2, 0.25) is 0 Å². The quantitative estimate of drug-likeness (QED) is 0.0178. The van der Waals surface area contributed by atoms with Crippen LogP contribution in [0.2, 0.25) is 0 Å². The molecule has 1 unspecified atom stereocenters. The molecule has 0 aliphatic carbocycles. The molecular formula is C44H74NO10P. The number of hydrogen-bond acceptors (Lipinski definition) is 9. The number of aliphatic carboxylic acids is 1. The van der Waals surface area contributed by atoms with Crippen LogP contribution in [0, 0.1) is 0 Å². The highest BCUT2D eigenvalue weighted by atomic mass is 31.2. The topological polar surface area (TPSA) is 172 Å². The number of unbranched alkanes of at least 4 members (excludes halogenated alkanes) is 13. The van der Waals surface area contributed by atoms with Gasteiger partial charge in [0, 0.05) is 12.8 Å². The lowest BCUT2D eigenvalue weighted by Crippen LogP contribution is -2.34. The number of hydrogen-bond donors (Lipinski definition) is 3. The van der Waals surface area contributed by atoms with Gasteiger partial charge < -0.3 is 25.2 Å². The number of ether oxygens (including phenoxy) is 2. The number of esters is 2. The van der Waals surface area contributed by atoms with Crippen molar-refractivity contribution in [1.29, 1.82) is 0 Å². The zero-order valence-corrected chi connectivity index (χ0v) is 35.3. The second kappa shape index (κ2) is 38.8. The van der Waals surface area contributed by atoms with E-state index in [0.717, 1.165) is 83.5 Å². The number of carboxylic acid groups (broad SMARTS) is 1. The summed E-state index contributed by atoms with van der Waals surface area (Å²) < 4.78 is 32.6. The Balaban J connectivity index is 4.49.